The van der Waals surface area contributed by atoms with Gasteiger partial charge < -0.3 is 10.6 Å². The number of guanidine groups is 1. The number of rotatable bonds is 3. The number of aryl methyl sites for hydroxylation is 2. The van der Waals surface area contributed by atoms with Crippen molar-refractivity contribution in [2.75, 3.05) is 6.54 Å². The van der Waals surface area contributed by atoms with E-state index in [0.717, 1.165) is 18.9 Å². The van der Waals surface area contributed by atoms with E-state index in [1.54, 1.807) is 0 Å². The van der Waals surface area contributed by atoms with Gasteiger partial charge in [-0.3, -0.25) is 9.67 Å². The van der Waals surface area contributed by atoms with Crippen molar-refractivity contribution in [2.24, 2.45) is 17.8 Å². The van der Waals surface area contributed by atoms with E-state index in [2.05, 4.69) is 28.1 Å². The predicted octanol–water partition coefficient (Wildman–Crippen LogP) is 1.60. The highest BCUT2D eigenvalue weighted by atomic mass is 15.4. The van der Waals surface area contributed by atoms with Crippen LogP contribution >= 0.6 is 0 Å². The highest BCUT2D eigenvalue weighted by Gasteiger charge is 2.36. The monoisotopic (exact) mass is 261 g/mol. The first kappa shape index (κ1) is 12.5. The number of nitrogens with two attached hydrogens (primary N) is 1. The van der Waals surface area contributed by atoms with Gasteiger partial charge in [-0.1, -0.05) is 19.8 Å². The molecule has 1 aromatic rings. The van der Waals surface area contributed by atoms with Crippen LogP contribution in [0.4, 0.5) is 0 Å². The van der Waals surface area contributed by atoms with Crippen LogP contribution in [0.2, 0.25) is 0 Å². The fourth-order valence-corrected chi connectivity index (χ4v) is 3.49. The van der Waals surface area contributed by atoms with Gasteiger partial charge in [0.1, 0.15) is 0 Å². The first-order valence-electron chi connectivity index (χ1n) is 7.31. The molecule has 19 heavy (non-hydrogen) atoms. The van der Waals surface area contributed by atoms with Crippen molar-refractivity contribution < 1.29 is 0 Å². The van der Waals surface area contributed by atoms with E-state index in [9.17, 15) is 0 Å². The Bertz CT molecular complexity index is 484. The van der Waals surface area contributed by atoms with Gasteiger partial charge in [0.2, 0.25) is 0 Å². The summed E-state index contributed by atoms with van der Waals surface area (Å²) in [6, 6.07) is 0.868. The van der Waals surface area contributed by atoms with E-state index in [1.807, 2.05) is 11.7 Å². The molecule has 1 unspecified atom stereocenters. The maximum Gasteiger partial charge on any atom is 0.192 e. The lowest BCUT2D eigenvalue weighted by molar-refractivity contribution is 0.261. The molecule has 3 rings (SSSR count). The summed E-state index contributed by atoms with van der Waals surface area (Å²) in [5.41, 5.74) is 8.62. The normalized spacial score (nSPS) is 24.2. The van der Waals surface area contributed by atoms with Crippen LogP contribution in [-0.2, 0) is 13.5 Å². The smallest absolute Gasteiger partial charge is 0.192 e. The topological polar surface area (TPSA) is 59.4 Å². The lowest BCUT2D eigenvalue weighted by Gasteiger charge is -2.32. The molecule has 2 heterocycles. The zero-order valence-electron chi connectivity index (χ0n) is 11.8. The summed E-state index contributed by atoms with van der Waals surface area (Å²) in [6.07, 6.45) is 8.22. The average molecular weight is 261 g/mol. The van der Waals surface area contributed by atoms with Crippen LogP contribution in [0, 0.1) is 0 Å². The molecule has 0 radical (unpaired) electrons. The molecule has 0 bridgehead atoms. The lowest BCUT2D eigenvalue weighted by Crippen LogP contribution is -2.42. The molecule has 1 aliphatic carbocycles. The third-order valence-electron chi connectivity index (χ3n) is 4.38. The van der Waals surface area contributed by atoms with Crippen molar-refractivity contribution in [1.82, 2.24) is 14.7 Å². The van der Waals surface area contributed by atoms with E-state index in [4.69, 9.17) is 5.73 Å². The van der Waals surface area contributed by atoms with Crippen molar-refractivity contribution in [3.63, 3.8) is 0 Å². The predicted molar refractivity (Wildman–Crippen MR) is 75.9 cm³/mol. The first-order valence-corrected chi connectivity index (χ1v) is 7.31. The van der Waals surface area contributed by atoms with Crippen molar-refractivity contribution in [2.45, 2.75) is 51.1 Å². The highest BCUT2D eigenvalue weighted by molar-refractivity contribution is 5.80. The van der Waals surface area contributed by atoms with Gasteiger partial charge in [0, 0.05) is 24.8 Å². The van der Waals surface area contributed by atoms with Crippen molar-refractivity contribution >= 4 is 5.96 Å². The number of hydrogen-bond acceptors (Lipinski definition) is 4. The third-order valence-corrected chi connectivity index (χ3v) is 4.38. The molecule has 5 nitrogen and oxygen atoms in total. The van der Waals surface area contributed by atoms with E-state index in [1.165, 1.54) is 36.9 Å². The van der Waals surface area contributed by atoms with E-state index < -0.39 is 0 Å². The molecule has 104 valence electrons. The van der Waals surface area contributed by atoms with Gasteiger partial charge in [0.05, 0.1) is 18.3 Å². The number of hydrogen-bond donors (Lipinski definition) is 1. The summed E-state index contributed by atoms with van der Waals surface area (Å²) in [5, 5.41) is 4.56. The minimum absolute atomic E-state index is 0.298. The van der Waals surface area contributed by atoms with Crippen molar-refractivity contribution in [1.29, 1.82) is 0 Å². The van der Waals surface area contributed by atoms with E-state index in [-0.39, 0.29) is 0 Å². The summed E-state index contributed by atoms with van der Waals surface area (Å²) in [5.74, 6) is 0.725. The largest absolute Gasteiger partial charge is 0.370 e. The van der Waals surface area contributed by atoms with Crippen LogP contribution in [0.15, 0.2) is 11.2 Å². The molecule has 2 aliphatic rings. The standard InChI is InChI=1S/C14H23N5/c1-3-12-11(9-18(2)17-12)13-8-16-14(15)19(13)10-6-4-5-7-10/h9-10,13H,3-8H2,1-2H3,(H2,15,16). The molecule has 0 aromatic carbocycles. The molecular formula is C14H23N5. The van der Waals surface area contributed by atoms with Gasteiger partial charge in [0.25, 0.3) is 0 Å². The van der Waals surface area contributed by atoms with Crippen LogP contribution in [0.25, 0.3) is 0 Å². The van der Waals surface area contributed by atoms with Crippen LogP contribution in [0.3, 0.4) is 0 Å². The summed E-state index contributed by atoms with van der Waals surface area (Å²) in [6.45, 7) is 2.94. The lowest BCUT2D eigenvalue weighted by atomic mass is 10.0. The Hall–Kier alpha value is -1.52. The number of nitrogens with zero attached hydrogens (tertiary/aromatic N) is 4. The van der Waals surface area contributed by atoms with Crippen molar-refractivity contribution in [3.05, 3.63) is 17.5 Å². The second-order valence-corrected chi connectivity index (χ2v) is 5.62. The van der Waals surface area contributed by atoms with E-state index >= 15 is 0 Å². The Balaban J connectivity index is 1.90. The number of aliphatic imine (C=N–C) groups is 1. The SMILES string of the molecule is CCc1nn(C)cc1C1CN=C(N)N1C1CCCC1. The van der Waals surface area contributed by atoms with Crippen LogP contribution in [0.1, 0.15) is 49.9 Å². The van der Waals surface area contributed by atoms with E-state index in [0.29, 0.717) is 12.1 Å². The van der Waals surface area contributed by atoms with Gasteiger partial charge in [-0.2, -0.15) is 5.10 Å². The highest BCUT2D eigenvalue weighted by Crippen LogP contribution is 2.35. The Morgan fingerprint density at radius 1 is 1.37 bits per heavy atom. The fourth-order valence-electron chi connectivity index (χ4n) is 3.49. The second-order valence-electron chi connectivity index (χ2n) is 5.62. The van der Waals surface area contributed by atoms with Gasteiger partial charge >= 0.3 is 0 Å². The molecule has 1 saturated carbocycles. The molecule has 5 heteroatoms. The molecule has 1 fully saturated rings. The van der Waals surface area contributed by atoms with Gasteiger partial charge in [0.15, 0.2) is 5.96 Å². The Morgan fingerprint density at radius 2 is 2.11 bits per heavy atom. The second kappa shape index (κ2) is 4.87. The van der Waals surface area contributed by atoms with Crippen molar-refractivity contribution in [3.8, 4) is 0 Å². The Morgan fingerprint density at radius 3 is 2.79 bits per heavy atom. The Kier molecular flexibility index (Phi) is 3.21. The third kappa shape index (κ3) is 2.11. The maximum atomic E-state index is 6.13. The van der Waals surface area contributed by atoms with Gasteiger partial charge in [-0.05, 0) is 19.3 Å². The minimum atomic E-state index is 0.298. The Labute approximate surface area is 114 Å². The summed E-state index contributed by atoms with van der Waals surface area (Å²) >= 11 is 0. The fraction of sp³-hybridized carbons (Fsp3) is 0.714. The zero-order chi connectivity index (χ0) is 13.4. The summed E-state index contributed by atoms with van der Waals surface area (Å²) < 4.78 is 1.91. The average Bonchev–Trinajstić information content (AvgIpc) is 3.07. The molecule has 1 aromatic heterocycles. The van der Waals surface area contributed by atoms with Crippen LogP contribution in [-0.4, -0.2) is 33.2 Å². The molecule has 0 saturated heterocycles. The van der Waals surface area contributed by atoms with Gasteiger partial charge in [-0.15, -0.1) is 0 Å². The summed E-state index contributed by atoms with van der Waals surface area (Å²) in [4.78, 5) is 6.84. The molecule has 0 amide bonds. The van der Waals surface area contributed by atoms with Gasteiger partial charge in [-0.25, -0.2) is 0 Å². The first-order chi connectivity index (χ1) is 9.20. The quantitative estimate of drug-likeness (QED) is 0.899. The van der Waals surface area contributed by atoms with Crippen LogP contribution in [0.5, 0.6) is 0 Å². The summed E-state index contributed by atoms with van der Waals surface area (Å²) in [7, 11) is 1.99. The van der Waals surface area contributed by atoms with Crippen LogP contribution < -0.4 is 5.73 Å². The maximum absolute atomic E-state index is 6.13. The molecule has 0 spiro atoms. The molecule has 1 atom stereocenters. The molecular weight excluding hydrogens is 238 g/mol. The number of aromatic nitrogens is 2. The minimum Gasteiger partial charge on any atom is -0.370 e. The zero-order valence-corrected chi connectivity index (χ0v) is 11.8. The molecule has 2 N–H and O–H groups in total. The molecule has 1 aliphatic heterocycles.